The van der Waals surface area contributed by atoms with Crippen molar-refractivity contribution in [2.24, 2.45) is 0 Å². The van der Waals surface area contributed by atoms with E-state index in [-0.39, 0.29) is 5.41 Å². The Bertz CT molecular complexity index is 2370. The van der Waals surface area contributed by atoms with Gasteiger partial charge in [-0.3, -0.25) is 0 Å². The van der Waals surface area contributed by atoms with Gasteiger partial charge in [0.05, 0.1) is 0 Å². The summed E-state index contributed by atoms with van der Waals surface area (Å²) in [7, 11) is 0. The van der Waals surface area contributed by atoms with E-state index in [1.54, 1.807) is 0 Å². The summed E-state index contributed by atoms with van der Waals surface area (Å²) in [6.45, 7) is 9.22. The largest absolute Gasteiger partial charge is 0.311 e. The van der Waals surface area contributed by atoms with E-state index in [0.717, 1.165) is 41.9 Å². The fourth-order valence-corrected chi connectivity index (χ4v) is 8.61. The molecule has 6 aromatic rings. The predicted octanol–water partition coefficient (Wildman–Crippen LogP) is 14.1. The molecule has 0 heterocycles. The first kappa shape index (κ1) is 32.7. The molecule has 6 aromatic carbocycles. The van der Waals surface area contributed by atoms with Gasteiger partial charge in [0.1, 0.15) is 0 Å². The summed E-state index contributed by atoms with van der Waals surface area (Å²) in [6.07, 6.45) is 14.2. The number of fused-ring (bicyclic) bond motifs is 4. The molecule has 0 unspecified atom stereocenters. The second-order valence-corrected chi connectivity index (χ2v) is 14.9. The van der Waals surface area contributed by atoms with Gasteiger partial charge >= 0.3 is 0 Å². The van der Waals surface area contributed by atoms with Crippen LogP contribution in [0.25, 0.3) is 39.0 Å². The van der Waals surface area contributed by atoms with Crippen LogP contribution >= 0.6 is 0 Å². The summed E-state index contributed by atoms with van der Waals surface area (Å²) in [6, 6.07) is 53.0. The lowest BCUT2D eigenvalue weighted by Gasteiger charge is -2.27. The highest BCUT2D eigenvalue weighted by atomic mass is 15.1. The molecule has 0 spiro atoms. The van der Waals surface area contributed by atoms with Crippen LogP contribution < -0.4 is 4.90 Å². The number of allylic oxidation sites excluding steroid dienone is 9. The average Bonchev–Trinajstić information content (AvgIpc) is 3.44. The summed E-state index contributed by atoms with van der Waals surface area (Å²) in [5.41, 5.74) is 20.7. The Morgan fingerprint density at radius 1 is 0.547 bits per heavy atom. The number of hydrogen-bond acceptors (Lipinski definition) is 1. The summed E-state index contributed by atoms with van der Waals surface area (Å²) >= 11 is 0. The third-order valence-corrected chi connectivity index (χ3v) is 11.4. The van der Waals surface area contributed by atoms with Crippen molar-refractivity contribution in [3.63, 3.8) is 0 Å². The highest BCUT2D eigenvalue weighted by molar-refractivity contribution is 5.92. The van der Waals surface area contributed by atoms with E-state index in [9.17, 15) is 0 Å². The second-order valence-electron chi connectivity index (χ2n) is 14.9. The SMILES string of the molecule is C=C1/C=C\C=C/Cc2c1ccc1c2C2=C(C=C(c3ccc(N(c4ccc(-c5ccccc5)cc4)c4ccc(-c5ccccc5)cc4)cc3)CC2)C1(C)C. The maximum absolute atomic E-state index is 4.41. The van der Waals surface area contributed by atoms with Gasteiger partial charge in [-0.05, 0) is 128 Å². The molecule has 0 atom stereocenters. The van der Waals surface area contributed by atoms with Gasteiger partial charge in [-0.25, -0.2) is 0 Å². The van der Waals surface area contributed by atoms with Crippen LogP contribution in [-0.2, 0) is 11.8 Å². The third-order valence-electron chi connectivity index (χ3n) is 11.4. The molecule has 0 saturated carbocycles. The van der Waals surface area contributed by atoms with Crippen molar-refractivity contribution in [2.45, 2.75) is 38.5 Å². The maximum atomic E-state index is 4.41. The van der Waals surface area contributed by atoms with Crippen molar-refractivity contribution >= 4 is 33.8 Å². The van der Waals surface area contributed by atoms with Crippen molar-refractivity contribution in [3.8, 4) is 22.3 Å². The van der Waals surface area contributed by atoms with Crippen LogP contribution in [-0.4, -0.2) is 0 Å². The molecule has 0 amide bonds. The highest BCUT2D eigenvalue weighted by Gasteiger charge is 2.40. The van der Waals surface area contributed by atoms with Crippen LogP contribution in [0, 0.1) is 0 Å². The summed E-state index contributed by atoms with van der Waals surface area (Å²) in [5, 5.41) is 0. The van der Waals surface area contributed by atoms with Gasteiger partial charge in [-0.2, -0.15) is 0 Å². The lowest BCUT2D eigenvalue weighted by atomic mass is 9.78. The standard InChI is InChI=1S/C52H43N/c1-36-13-7-4-12-18-47-46(36)33-34-49-51(47)48-32-25-42(35-50(48)52(49,2)3)41-23-30-45(31-24-41)53(43-26-19-39(20-27-43)37-14-8-5-9-15-37)44-28-21-40(22-29-44)38-16-10-6-11-17-38/h4-17,19-24,26-31,33-35H,1,18,25,32H2,2-3H3/b12-4-,13-7-. The molecule has 0 aromatic heterocycles. The molecule has 0 radical (unpaired) electrons. The zero-order valence-corrected chi connectivity index (χ0v) is 30.5. The molecule has 0 fully saturated rings. The van der Waals surface area contributed by atoms with Gasteiger partial charge in [0, 0.05) is 22.5 Å². The van der Waals surface area contributed by atoms with Gasteiger partial charge in [0.2, 0.25) is 0 Å². The minimum Gasteiger partial charge on any atom is -0.311 e. The van der Waals surface area contributed by atoms with Gasteiger partial charge in [-0.15, -0.1) is 0 Å². The quantitative estimate of drug-likeness (QED) is 0.169. The number of benzene rings is 6. The van der Waals surface area contributed by atoms with E-state index in [0.29, 0.717) is 0 Å². The zero-order chi connectivity index (χ0) is 35.9. The van der Waals surface area contributed by atoms with Crippen molar-refractivity contribution in [1.82, 2.24) is 0 Å². The molecule has 0 bridgehead atoms. The zero-order valence-electron chi connectivity index (χ0n) is 30.5. The van der Waals surface area contributed by atoms with E-state index in [2.05, 4.69) is 201 Å². The molecule has 0 aliphatic heterocycles. The molecule has 1 nitrogen and oxygen atoms in total. The number of anilines is 3. The fraction of sp³-hybridized carbons (Fsp3) is 0.115. The van der Waals surface area contributed by atoms with Crippen LogP contribution in [0.15, 0.2) is 188 Å². The molecule has 9 rings (SSSR count). The van der Waals surface area contributed by atoms with Gasteiger partial charge < -0.3 is 4.90 Å². The fourth-order valence-electron chi connectivity index (χ4n) is 8.61. The summed E-state index contributed by atoms with van der Waals surface area (Å²) in [4.78, 5) is 2.37. The van der Waals surface area contributed by atoms with E-state index >= 15 is 0 Å². The van der Waals surface area contributed by atoms with Gasteiger partial charge in [-0.1, -0.05) is 160 Å². The Labute approximate surface area is 314 Å². The minimum absolute atomic E-state index is 0.0524. The van der Waals surface area contributed by atoms with Crippen LogP contribution in [0.1, 0.15) is 54.5 Å². The Balaban J connectivity index is 1.07. The lowest BCUT2D eigenvalue weighted by molar-refractivity contribution is 0.651. The topological polar surface area (TPSA) is 3.24 Å². The first-order valence-corrected chi connectivity index (χ1v) is 18.8. The number of hydrogen-bond donors (Lipinski definition) is 0. The van der Waals surface area contributed by atoms with Crippen molar-refractivity contribution in [1.29, 1.82) is 0 Å². The molecule has 3 aliphatic carbocycles. The normalized spacial score (nSPS) is 16.8. The molecule has 3 aliphatic rings. The lowest BCUT2D eigenvalue weighted by Crippen LogP contribution is -2.17. The van der Waals surface area contributed by atoms with Crippen LogP contribution in [0.5, 0.6) is 0 Å². The van der Waals surface area contributed by atoms with Crippen LogP contribution in [0.3, 0.4) is 0 Å². The summed E-state index contributed by atoms with van der Waals surface area (Å²) in [5.74, 6) is 0. The Hall–Kier alpha value is -6.18. The molecule has 0 N–H and O–H groups in total. The van der Waals surface area contributed by atoms with E-state index in [1.807, 2.05) is 0 Å². The molecular formula is C52H43N. The highest BCUT2D eigenvalue weighted by Crippen LogP contribution is 2.54. The second kappa shape index (κ2) is 13.4. The molecular weight excluding hydrogens is 639 g/mol. The molecule has 53 heavy (non-hydrogen) atoms. The minimum atomic E-state index is -0.0524. The Kier molecular flexibility index (Phi) is 8.28. The molecule has 0 saturated heterocycles. The number of nitrogens with zero attached hydrogens (tertiary/aromatic N) is 1. The monoisotopic (exact) mass is 681 g/mol. The third kappa shape index (κ3) is 5.93. The maximum Gasteiger partial charge on any atom is 0.0462 e. The van der Waals surface area contributed by atoms with Crippen molar-refractivity contribution in [2.75, 3.05) is 4.90 Å². The Morgan fingerprint density at radius 3 is 1.64 bits per heavy atom. The number of rotatable bonds is 6. The molecule has 256 valence electrons. The van der Waals surface area contributed by atoms with Crippen molar-refractivity contribution < 1.29 is 0 Å². The first-order valence-electron chi connectivity index (χ1n) is 18.8. The average molecular weight is 682 g/mol. The van der Waals surface area contributed by atoms with E-state index in [4.69, 9.17) is 0 Å². The summed E-state index contributed by atoms with van der Waals surface area (Å²) < 4.78 is 0. The van der Waals surface area contributed by atoms with Crippen LogP contribution in [0.2, 0.25) is 0 Å². The molecule has 1 heteroatoms. The van der Waals surface area contributed by atoms with E-state index in [1.165, 1.54) is 66.8 Å². The Morgan fingerprint density at radius 2 is 1.08 bits per heavy atom. The van der Waals surface area contributed by atoms with Gasteiger partial charge in [0.15, 0.2) is 0 Å². The van der Waals surface area contributed by atoms with E-state index < -0.39 is 0 Å². The van der Waals surface area contributed by atoms with Crippen LogP contribution in [0.4, 0.5) is 17.1 Å². The predicted molar refractivity (Wildman–Crippen MR) is 227 cm³/mol. The van der Waals surface area contributed by atoms with Crippen molar-refractivity contribution in [3.05, 3.63) is 216 Å². The first-order chi connectivity index (χ1) is 26.0. The van der Waals surface area contributed by atoms with Gasteiger partial charge in [0.25, 0.3) is 0 Å². The smallest absolute Gasteiger partial charge is 0.0462 e.